The summed E-state index contributed by atoms with van der Waals surface area (Å²) in [4.78, 5) is 0. The van der Waals surface area contributed by atoms with Gasteiger partial charge < -0.3 is 9.47 Å². The minimum atomic E-state index is 0.134. The molecule has 1 spiro atoms. The van der Waals surface area contributed by atoms with Gasteiger partial charge in [-0.3, -0.25) is 0 Å². The van der Waals surface area contributed by atoms with E-state index in [9.17, 15) is 0 Å². The molecule has 3 rings (SSSR count). The van der Waals surface area contributed by atoms with Crippen LogP contribution in [-0.2, 0) is 4.74 Å². The van der Waals surface area contributed by atoms with E-state index in [-0.39, 0.29) is 11.7 Å². The summed E-state index contributed by atoms with van der Waals surface area (Å²) >= 11 is 6.02. The van der Waals surface area contributed by atoms with E-state index in [1.807, 2.05) is 18.2 Å². The largest absolute Gasteiger partial charge is 0.490 e. The van der Waals surface area contributed by atoms with Crippen molar-refractivity contribution in [2.75, 3.05) is 6.61 Å². The fraction of sp³-hybridized carbons (Fsp3) is 0.600. The molecule has 2 fully saturated rings. The van der Waals surface area contributed by atoms with E-state index in [1.54, 1.807) is 0 Å². The van der Waals surface area contributed by atoms with Crippen LogP contribution in [0.5, 0.6) is 5.75 Å². The number of benzene rings is 1. The van der Waals surface area contributed by atoms with Crippen molar-refractivity contribution < 1.29 is 9.47 Å². The minimum absolute atomic E-state index is 0.134. The highest BCUT2D eigenvalue weighted by atomic mass is 35.5. The highest BCUT2D eigenvalue weighted by molar-refractivity contribution is 6.30. The average molecular weight is 267 g/mol. The Labute approximate surface area is 113 Å². The second-order valence-corrected chi connectivity index (χ2v) is 5.96. The molecule has 1 aromatic carbocycles. The summed E-state index contributed by atoms with van der Waals surface area (Å²) in [6.07, 6.45) is 5.97. The van der Waals surface area contributed by atoms with Gasteiger partial charge in [-0.2, -0.15) is 0 Å². The van der Waals surface area contributed by atoms with Crippen LogP contribution in [0.15, 0.2) is 18.2 Å². The number of hydrogen-bond acceptors (Lipinski definition) is 2. The molecule has 18 heavy (non-hydrogen) atoms. The molecule has 1 saturated heterocycles. The van der Waals surface area contributed by atoms with Crippen molar-refractivity contribution in [1.82, 2.24) is 0 Å². The molecule has 98 valence electrons. The summed E-state index contributed by atoms with van der Waals surface area (Å²) in [5.41, 5.74) is 1.28. The Morgan fingerprint density at radius 2 is 2.22 bits per heavy atom. The summed E-state index contributed by atoms with van der Waals surface area (Å²) < 4.78 is 12.1. The first-order chi connectivity index (χ1) is 8.67. The molecule has 1 aliphatic carbocycles. The lowest BCUT2D eigenvalue weighted by Crippen LogP contribution is -2.48. The molecular weight excluding hydrogens is 248 g/mol. The quantitative estimate of drug-likeness (QED) is 0.801. The van der Waals surface area contributed by atoms with Crippen LogP contribution in [0.4, 0.5) is 0 Å². The van der Waals surface area contributed by atoms with Gasteiger partial charge in [-0.1, -0.05) is 17.7 Å². The van der Waals surface area contributed by atoms with Crippen LogP contribution in [0.2, 0.25) is 5.02 Å². The topological polar surface area (TPSA) is 18.5 Å². The Balaban J connectivity index is 1.70. The molecule has 0 amide bonds. The Morgan fingerprint density at radius 3 is 2.94 bits per heavy atom. The molecule has 1 heterocycles. The predicted molar refractivity (Wildman–Crippen MR) is 72.4 cm³/mol. The van der Waals surface area contributed by atoms with Gasteiger partial charge in [0.05, 0.1) is 12.2 Å². The van der Waals surface area contributed by atoms with Gasteiger partial charge >= 0.3 is 0 Å². The summed E-state index contributed by atoms with van der Waals surface area (Å²) in [6, 6.07) is 5.83. The molecule has 0 radical (unpaired) electrons. The monoisotopic (exact) mass is 266 g/mol. The minimum Gasteiger partial charge on any atom is -0.490 e. The average Bonchev–Trinajstić information content (AvgIpc) is 2.32. The van der Waals surface area contributed by atoms with Crippen molar-refractivity contribution in [3.63, 3.8) is 0 Å². The lowest BCUT2D eigenvalue weighted by molar-refractivity contribution is -0.153. The maximum atomic E-state index is 6.13. The van der Waals surface area contributed by atoms with Crippen LogP contribution in [0.3, 0.4) is 0 Å². The first-order valence-corrected chi connectivity index (χ1v) is 7.11. The molecule has 1 atom stereocenters. The number of rotatable bonds is 2. The van der Waals surface area contributed by atoms with Gasteiger partial charge in [0.25, 0.3) is 0 Å². The highest BCUT2D eigenvalue weighted by Crippen LogP contribution is 2.43. The first kappa shape index (κ1) is 12.3. The van der Waals surface area contributed by atoms with Crippen LogP contribution in [0.1, 0.15) is 37.7 Å². The maximum Gasteiger partial charge on any atom is 0.124 e. The normalized spacial score (nSPS) is 25.8. The number of ether oxygens (including phenoxy) is 2. The van der Waals surface area contributed by atoms with Crippen molar-refractivity contribution in [2.24, 2.45) is 0 Å². The van der Waals surface area contributed by atoms with Gasteiger partial charge in [0.1, 0.15) is 11.9 Å². The Kier molecular flexibility index (Phi) is 3.25. The van der Waals surface area contributed by atoms with Gasteiger partial charge in [0.2, 0.25) is 0 Å². The molecule has 1 aromatic rings. The molecule has 0 aromatic heterocycles. The van der Waals surface area contributed by atoms with E-state index in [0.29, 0.717) is 0 Å². The molecule has 2 nitrogen and oxygen atoms in total. The molecule has 0 bridgehead atoms. The van der Waals surface area contributed by atoms with E-state index in [4.69, 9.17) is 21.1 Å². The molecule has 0 N–H and O–H groups in total. The fourth-order valence-corrected chi connectivity index (χ4v) is 3.05. The van der Waals surface area contributed by atoms with E-state index >= 15 is 0 Å². The Bertz CT molecular complexity index is 440. The lowest BCUT2D eigenvalue weighted by Gasteiger charge is -2.47. The first-order valence-electron chi connectivity index (χ1n) is 6.74. The summed E-state index contributed by atoms with van der Waals surface area (Å²) in [6.45, 7) is 2.88. The van der Waals surface area contributed by atoms with E-state index in [2.05, 4.69) is 6.92 Å². The zero-order valence-electron chi connectivity index (χ0n) is 10.7. The van der Waals surface area contributed by atoms with Crippen molar-refractivity contribution in [1.29, 1.82) is 0 Å². The number of hydrogen-bond donors (Lipinski definition) is 0. The molecule has 2 aliphatic rings. The lowest BCUT2D eigenvalue weighted by atomic mass is 9.74. The molecular formula is C15H19ClO2. The van der Waals surface area contributed by atoms with Gasteiger partial charge in [-0.05, 0) is 43.9 Å². The van der Waals surface area contributed by atoms with Crippen molar-refractivity contribution in [3.8, 4) is 5.75 Å². The van der Waals surface area contributed by atoms with Gasteiger partial charge in [-0.15, -0.1) is 0 Å². The van der Waals surface area contributed by atoms with Crippen LogP contribution in [0, 0.1) is 6.92 Å². The SMILES string of the molecule is Cc1ccc(Cl)cc1OC1CCOC2(CCC2)C1. The summed E-state index contributed by atoms with van der Waals surface area (Å²) in [5.74, 6) is 0.920. The second-order valence-electron chi connectivity index (χ2n) is 5.53. The fourth-order valence-electron chi connectivity index (χ4n) is 2.88. The second kappa shape index (κ2) is 4.75. The Morgan fingerprint density at radius 1 is 1.39 bits per heavy atom. The zero-order chi connectivity index (χ0) is 12.6. The van der Waals surface area contributed by atoms with E-state index in [1.165, 1.54) is 19.3 Å². The predicted octanol–water partition coefficient (Wildman–Crippen LogP) is 4.13. The molecule has 1 aliphatic heterocycles. The summed E-state index contributed by atoms with van der Waals surface area (Å²) in [5, 5.41) is 0.737. The van der Waals surface area contributed by atoms with Crippen LogP contribution in [0.25, 0.3) is 0 Å². The van der Waals surface area contributed by atoms with Crippen molar-refractivity contribution in [3.05, 3.63) is 28.8 Å². The number of aryl methyl sites for hydroxylation is 1. The van der Waals surface area contributed by atoms with Crippen molar-refractivity contribution in [2.45, 2.75) is 50.7 Å². The van der Waals surface area contributed by atoms with E-state index in [0.717, 1.165) is 35.8 Å². The van der Waals surface area contributed by atoms with Crippen LogP contribution >= 0.6 is 11.6 Å². The molecule has 1 saturated carbocycles. The maximum absolute atomic E-state index is 6.13. The third-order valence-electron chi connectivity index (χ3n) is 4.16. The highest BCUT2D eigenvalue weighted by Gasteiger charge is 2.43. The zero-order valence-corrected chi connectivity index (χ0v) is 11.5. The third-order valence-corrected chi connectivity index (χ3v) is 4.39. The van der Waals surface area contributed by atoms with Crippen LogP contribution < -0.4 is 4.74 Å². The molecule has 1 unspecified atom stereocenters. The summed E-state index contributed by atoms with van der Waals surface area (Å²) in [7, 11) is 0. The Hall–Kier alpha value is -0.730. The molecule has 3 heteroatoms. The van der Waals surface area contributed by atoms with Gasteiger partial charge in [0, 0.05) is 17.9 Å². The number of halogens is 1. The standard InChI is InChI=1S/C15H19ClO2/c1-11-3-4-12(16)9-14(11)18-13-5-8-17-15(10-13)6-2-7-15/h3-4,9,13H,2,5-8,10H2,1H3. The van der Waals surface area contributed by atoms with Crippen molar-refractivity contribution >= 4 is 11.6 Å². The van der Waals surface area contributed by atoms with E-state index < -0.39 is 0 Å². The van der Waals surface area contributed by atoms with Gasteiger partial charge in [-0.25, -0.2) is 0 Å². The smallest absolute Gasteiger partial charge is 0.124 e. The van der Waals surface area contributed by atoms with Gasteiger partial charge in [0.15, 0.2) is 0 Å². The van der Waals surface area contributed by atoms with Crippen LogP contribution in [-0.4, -0.2) is 18.3 Å². The third kappa shape index (κ3) is 2.36.